The van der Waals surface area contributed by atoms with Gasteiger partial charge in [0.15, 0.2) is 0 Å². The number of nitrogens with zero attached hydrogens (tertiary/aromatic N) is 1. The molecule has 1 fully saturated rings. The number of nitrogens with one attached hydrogen (secondary N) is 3. The van der Waals surface area contributed by atoms with Gasteiger partial charge in [0, 0.05) is 37.2 Å². The predicted molar refractivity (Wildman–Crippen MR) is 135 cm³/mol. The molecule has 36 heavy (non-hydrogen) atoms. The molecule has 3 aromatic rings. The number of amides is 4. The number of imide groups is 1. The summed E-state index contributed by atoms with van der Waals surface area (Å²) < 4.78 is 26.7. The van der Waals surface area contributed by atoms with Crippen LogP contribution in [0.2, 0.25) is 0 Å². The van der Waals surface area contributed by atoms with Gasteiger partial charge in [-0.25, -0.2) is 18.6 Å². The molecule has 4 amide bonds. The average molecular weight is 513 g/mol. The van der Waals surface area contributed by atoms with Gasteiger partial charge in [0.1, 0.15) is 11.6 Å². The molecule has 0 aliphatic heterocycles. The van der Waals surface area contributed by atoms with Gasteiger partial charge in [-0.3, -0.25) is 14.9 Å². The van der Waals surface area contributed by atoms with Gasteiger partial charge in [-0.2, -0.15) is 0 Å². The second kappa shape index (κ2) is 11.4. The smallest absolute Gasteiger partial charge is 0.308 e. The average Bonchev–Trinajstić information content (AvgIpc) is 3.32. The number of carbonyl (C=O) groups excluding carboxylic acids is 3. The Morgan fingerprint density at radius 2 is 1.72 bits per heavy atom. The topological polar surface area (TPSA) is 100 Å². The summed E-state index contributed by atoms with van der Waals surface area (Å²) in [6.07, 6.45) is 5.99. The summed E-state index contributed by atoms with van der Waals surface area (Å²) in [6, 6.07) is 9.52. The van der Waals surface area contributed by atoms with Crippen LogP contribution in [0.3, 0.4) is 0 Å². The Balaban J connectivity index is 1.29. The van der Waals surface area contributed by atoms with E-state index in [-0.39, 0.29) is 23.4 Å². The van der Waals surface area contributed by atoms with Crippen LogP contribution in [-0.4, -0.2) is 22.8 Å². The van der Waals surface area contributed by atoms with Gasteiger partial charge in [-0.05, 0) is 61.4 Å². The number of halogens is 2. The summed E-state index contributed by atoms with van der Waals surface area (Å²) in [5, 5.41) is 8.39. The second-order valence-corrected chi connectivity index (χ2v) is 9.93. The first-order chi connectivity index (χ1) is 17.3. The van der Waals surface area contributed by atoms with Crippen molar-refractivity contribution >= 4 is 40.6 Å². The molecule has 0 bridgehead atoms. The fraction of sp³-hybridized carbons (Fsp3) is 0.308. The number of benzene rings is 2. The standard InChI is InChI=1S/C26H26F2N4O3S/c1-15(33)30-24(34)12-16-2-4-18(5-3-16)25-29-14-23(36-25)17-6-9-20(10-7-17)31-26(35)32-22-11-8-19(27)13-21(22)28/h6-11,13-14,16,18H,2-5,12H2,1H3,(H,30,33,34)(H2,31,32,35). The van der Waals surface area contributed by atoms with E-state index in [0.29, 0.717) is 24.1 Å². The molecule has 2 aromatic carbocycles. The maximum absolute atomic E-state index is 13.7. The molecule has 1 heterocycles. The summed E-state index contributed by atoms with van der Waals surface area (Å²) in [5.74, 6) is -1.46. The summed E-state index contributed by atoms with van der Waals surface area (Å²) >= 11 is 1.63. The Labute approximate surface area is 211 Å². The van der Waals surface area contributed by atoms with Crippen LogP contribution in [0.25, 0.3) is 10.4 Å². The SMILES string of the molecule is CC(=O)NC(=O)CC1CCC(c2ncc(-c3ccc(NC(=O)Nc4ccc(F)cc4F)cc3)s2)CC1. The highest BCUT2D eigenvalue weighted by Gasteiger charge is 2.26. The minimum atomic E-state index is -0.853. The highest BCUT2D eigenvalue weighted by molar-refractivity contribution is 7.15. The molecule has 0 atom stereocenters. The zero-order valence-electron chi connectivity index (χ0n) is 19.6. The third-order valence-electron chi connectivity index (χ3n) is 6.12. The molecule has 1 aliphatic carbocycles. The molecule has 1 aliphatic rings. The first-order valence-electron chi connectivity index (χ1n) is 11.7. The third kappa shape index (κ3) is 6.72. The molecule has 7 nitrogen and oxygen atoms in total. The summed E-state index contributed by atoms with van der Waals surface area (Å²) in [6.45, 7) is 1.34. The van der Waals surface area contributed by atoms with Crippen LogP contribution in [0.4, 0.5) is 25.0 Å². The minimum Gasteiger partial charge on any atom is -0.308 e. The van der Waals surface area contributed by atoms with Gasteiger partial charge in [-0.1, -0.05) is 12.1 Å². The first kappa shape index (κ1) is 25.4. The predicted octanol–water partition coefficient (Wildman–Crippen LogP) is 6.06. The van der Waals surface area contributed by atoms with Crippen molar-refractivity contribution in [3.8, 4) is 10.4 Å². The molecule has 0 spiro atoms. The number of thiazole rings is 1. The van der Waals surface area contributed by atoms with Crippen molar-refractivity contribution in [1.82, 2.24) is 10.3 Å². The van der Waals surface area contributed by atoms with Crippen molar-refractivity contribution in [2.75, 3.05) is 10.6 Å². The summed E-state index contributed by atoms with van der Waals surface area (Å²) in [4.78, 5) is 40.6. The third-order valence-corrected chi connectivity index (χ3v) is 7.32. The first-order valence-corrected chi connectivity index (χ1v) is 12.5. The van der Waals surface area contributed by atoms with Crippen molar-refractivity contribution in [2.45, 2.75) is 44.9 Å². The number of hydrogen-bond donors (Lipinski definition) is 3. The maximum Gasteiger partial charge on any atom is 0.323 e. The van der Waals surface area contributed by atoms with Gasteiger partial charge in [-0.15, -0.1) is 11.3 Å². The van der Waals surface area contributed by atoms with Crippen molar-refractivity contribution in [2.24, 2.45) is 5.92 Å². The van der Waals surface area contributed by atoms with Gasteiger partial charge in [0.05, 0.1) is 15.6 Å². The molecule has 3 N–H and O–H groups in total. The number of carbonyl (C=O) groups is 3. The van der Waals surface area contributed by atoms with Gasteiger partial charge >= 0.3 is 6.03 Å². The molecule has 0 unspecified atom stereocenters. The lowest BCUT2D eigenvalue weighted by molar-refractivity contribution is -0.129. The summed E-state index contributed by atoms with van der Waals surface area (Å²) in [5.41, 5.74) is 1.37. The molecule has 188 valence electrons. The fourth-order valence-corrected chi connectivity index (χ4v) is 5.42. The fourth-order valence-electron chi connectivity index (χ4n) is 4.33. The van der Waals surface area contributed by atoms with E-state index in [4.69, 9.17) is 0 Å². The number of urea groups is 1. The Hall–Kier alpha value is -3.66. The number of aromatic nitrogens is 1. The van der Waals surface area contributed by atoms with Crippen LogP contribution in [0.15, 0.2) is 48.7 Å². The van der Waals surface area contributed by atoms with Crippen LogP contribution < -0.4 is 16.0 Å². The highest BCUT2D eigenvalue weighted by atomic mass is 32.1. The van der Waals surface area contributed by atoms with Gasteiger partial charge in [0.2, 0.25) is 11.8 Å². The lowest BCUT2D eigenvalue weighted by Crippen LogP contribution is -2.30. The van der Waals surface area contributed by atoms with Crippen LogP contribution in [0.5, 0.6) is 0 Å². The zero-order valence-corrected chi connectivity index (χ0v) is 20.5. The molecular weight excluding hydrogens is 486 g/mol. The van der Waals surface area contributed by atoms with Crippen LogP contribution in [0.1, 0.15) is 50.0 Å². The largest absolute Gasteiger partial charge is 0.323 e. The second-order valence-electron chi connectivity index (χ2n) is 8.87. The van der Waals surface area contributed by atoms with Crippen LogP contribution in [-0.2, 0) is 9.59 Å². The molecule has 4 rings (SSSR count). The number of rotatable bonds is 6. The van der Waals surface area contributed by atoms with Crippen LogP contribution in [0, 0.1) is 17.6 Å². The molecule has 0 radical (unpaired) electrons. The molecular formula is C26H26F2N4O3S. The van der Waals surface area contributed by atoms with E-state index in [9.17, 15) is 23.2 Å². The molecule has 0 saturated heterocycles. The molecule has 10 heteroatoms. The molecule has 1 aromatic heterocycles. The quantitative estimate of drug-likeness (QED) is 0.374. The molecule has 1 saturated carbocycles. The lowest BCUT2D eigenvalue weighted by Gasteiger charge is -2.26. The highest BCUT2D eigenvalue weighted by Crippen LogP contribution is 2.40. The van der Waals surface area contributed by atoms with E-state index in [1.165, 1.54) is 6.92 Å². The Bertz CT molecular complexity index is 1250. The maximum atomic E-state index is 13.7. The Morgan fingerprint density at radius 3 is 2.39 bits per heavy atom. The zero-order chi connectivity index (χ0) is 25.7. The van der Waals surface area contributed by atoms with E-state index < -0.39 is 17.7 Å². The van der Waals surface area contributed by atoms with Gasteiger partial charge < -0.3 is 10.6 Å². The number of hydrogen-bond acceptors (Lipinski definition) is 5. The lowest BCUT2D eigenvalue weighted by atomic mass is 9.80. The van der Waals surface area contributed by atoms with Crippen LogP contribution >= 0.6 is 11.3 Å². The van der Waals surface area contributed by atoms with E-state index in [0.717, 1.165) is 53.3 Å². The Kier molecular flexibility index (Phi) is 8.04. The van der Waals surface area contributed by atoms with Crippen molar-refractivity contribution in [3.63, 3.8) is 0 Å². The van der Waals surface area contributed by atoms with E-state index in [1.54, 1.807) is 23.5 Å². The minimum absolute atomic E-state index is 0.115. The van der Waals surface area contributed by atoms with E-state index in [2.05, 4.69) is 20.9 Å². The van der Waals surface area contributed by atoms with Crippen molar-refractivity contribution in [1.29, 1.82) is 0 Å². The van der Waals surface area contributed by atoms with E-state index >= 15 is 0 Å². The normalized spacial score (nSPS) is 17.3. The summed E-state index contributed by atoms with van der Waals surface area (Å²) in [7, 11) is 0. The number of anilines is 2. The van der Waals surface area contributed by atoms with Crippen molar-refractivity contribution < 1.29 is 23.2 Å². The van der Waals surface area contributed by atoms with Gasteiger partial charge in [0.25, 0.3) is 0 Å². The Morgan fingerprint density at radius 1 is 1.00 bits per heavy atom. The van der Waals surface area contributed by atoms with E-state index in [1.807, 2.05) is 18.3 Å². The monoisotopic (exact) mass is 512 g/mol. The van der Waals surface area contributed by atoms with Crippen molar-refractivity contribution in [3.05, 3.63) is 65.3 Å².